The van der Waals surface area contributed by atoms with E-state index in [4.69, 9.17) is 14.2 Å². The van der Waals surface area contributed by atoms with E-state index in [1.54, 1.807) is 6.08 Å². The van der Waals surface area contributed by atoms with Crippen LogP contribution in [0, 0.1) is 0 Å². The lowest BCUT2D eigenvalue weighted by molar-refractivity contribution is -0.192. The standard InChI is InChI=1S/C22H25NO5/c1-2-20-19(16-26-14-17-9-5-3-6-10-17)23(13-21(24)28-20)22(25)27-15-18-11-7-4-8-12-18/h2-12,19-21,24H,1,13-16H2/t19-,20?,21?/m1/s1. The highest BCUT2D eigenvalue weighted by atomic mass is 16.6. The van der Waals surface area contributed by atoms with E-state index in [1.165, 1.54) is 4.90 Å². The first-order valence-corrected chi connectivity index (χ1v) is 9.22. The van der Waals surface area contributed by atoms with E-state index in [-0.39, 0.29) is 19.8 Å². The van der Waals surface area contributed by atoms with Gasteiger partial charge in [0.2, 0.25) is 0 Å². The van der Waals surface area contributed by atoms with Crippen molar-refractivity contribution in [1.29, 1.82) is 0 Å². The summed E-state index contributed by atoms with van der Waals surface area (Å²) in [6.45, 7) is 4.57. The molecule has 1 aliphatic heterocycles. The van der Waals surface area contributed by atoms with Gasteiger partial charge in [0, 0.05) is 0 Å². The second-order valence-electron chi connectivity index (χ2n) is 6.55. The van der Waals surface area contributed by atoms with Crippen molar-refractivity contribution in [3.63, 3.8) is 0 Å². The number of benzene rings is 2. The number of β-amino-alcohol motifs (C(OH)–C–C–N with tert-alkyl or cyclic N) is 1. The Labute approximate surface area is 164 Å². The SMILES string of the molecule is C=CC1OC(O)CN(C(=O)OCc2ccccc2)[C@@H]1COCc1ccccc1. The van der Waals surface area contributed by atoms with Crippen molar-refractivity contribution in [1.82, 2.24) is 4.90 Å². The summed E-state index contributed by atoms with van der Waals surface area (Å²) in [7, 11) is 0. The van der Waals surface area contributed by atoms with Crippen LogP contribution in [0.1, 0.15) is 11.1 Å². The normalized spacial score (nSPS) is 21.9. The van der Waals surface area contributed by atoms with Gasteiger partial charge in [-0.05, 0) is 11.1 Å². The van der Waals surface area contributed by atoms with Gasteiger partial charge >= 0.3 is 6.09 Å². The van der Waals surface area contributed by atoms with Crippen molar-refractivity contribution in [3.05, 3.63) is 84.4 Å². The monoisotopic (exact) mass is 383 g/mol. The molecule has 2 unspecified atom stereocenters. The first-order chi connectivity index (χ1) is 13.7. The van der Waals surface area contributed by atoms with Crippen LogP contribution in [0.25, 0.3) is 0 Å². The van der Waals surface area contributed by atoms with Crippen LogP contribution in [0.2, 0.25) is 0 Å². The topological polar surface area (TPSA) is 68.2 Å². The molecule has 1 saturated heterocycles. The minimum absolute atomic E-state index is 0.0112. The second-order valence-corrected chi connectivity index (χ2v) is 6.55. The molecule has 0 bridgehead atoms. The van der Waals surface area contributed by atoms with Gasteiger partial charge in [-0.15, -0.1) is 6.58 Å². The molecule has 2 aromatic carbocycles. The summed E-state index contributed by atoms with van der Waals surface area (Å²) in [5.41, 5.74) is 1.93. The summed E-state index contributed by atoms with van der Waals surface area (Å²) in [4.78, 5) is 14.1. The van der Waals surface area contributed by atoms with Crippen LogP contribution in [0.3, 0.4) is 0 Å². The zero-order chi connectivity index (χ0) is 19.8. The predicted octanol–water partition coefficient (Wildman–Crippen LogP) is 3.11. The third-order valence-corrected chi connectivity index (χ3v) is 4.52. The molecular weight excluding hydrogens is 358 g/mol. The highest BCUT2D eigenvalue weighted by Crippen LogP contribution is 2.21. The second kappa shape index (κ2) is 10.0. The van der Waals surface area contributed by atoms with Crippen LogP contribution in [-0.2, 0) is 27.4 Å². The quantitative estimate of drug-likeness (QED) is 0.744. The summed E-state index contributed by atoms with van der Waals surface area (Å²) < 4.78 is 16.7. The Kier molecular flexibility index (Phi) is 7.19. The van der Waals surface area contributed by atoms with Gasteiger partial charge in [0.1, 0.15) is 12.7 Å². The Morgan fingerprint density at radius 1 is 1.11 bits per heavy atom. The number of hydrogen-bond donors (Lipinski definition) is 1. The maximum absolute atomic E-state index is 12.7. The Bertz CT molecular complexity index is 752. The zero-order valence-electron chi connectivity index (χ0n) is 15.6. The summed E-state index contributed by atoms with van der Waals surface area (Å²) in [6.07, 6.45) is -0.607. The Hall–Kier alpha value is -2.67. The number of carbonyl (C=O) groups is 1. The summed E-state index contributed by atoms with van der Waals surface area (Å²) in [5.74, 6) is 0. The van der Waals surface area contributed by atoms with Crippen molar-refractivity contribution in [3.8, 4) is 0 Å². The third kappa shape index (κ3) is 5.42. The Morgan fingerprint density at radius 3 is 2.32 bits per heavy atom. The molecule has 6 nitrogen and oxygen atoms in total. The maximum Gasteiger partial charge on any atom is 0.410 e. The number of aliphatic hydroxyl groups is 1. The lowest BCUT2D eigenvalue weighted by Gasteiger charge is -2.41. The molecule has 1 N–H and O–H groups in total. The molecule has 28 heavy (non-hydrogen) atoms. The van der Waals surface area contributed by atoms with Crippen LogP contribution < -0.4 is 0 Å². The first kappa shape index (κ1) is 20.1. The van der Waals surface area contributed by atoms with Gasteiger partial charge < -0.3 is 19.3 Å². The van der Waals surface area contributed by atoms with Crippen molar-refractivity contribution in [2.45, 2.75) is 31.6 Å². The number of carbonyl (C=O) groups excluding carboxylic acids is 1. The van der Waals surface area contributed by atoms with E-state index < -0.39 is 24.5 Å². The molecule has 0 aliphatic carbocycles. The average Bonchev–Trinajstić information content (AvgIpc) is 2.74. The lowest BCUT2D eigenvalue weighted by Crippen LogP contribution is -2.58. The van der Waals surface area contributed by atoms with Crippen LogP contribution in [-0.4, -0.2) is 47.7 Å². The molecule has 1 aliphatic rings. The van der Waals surface area contributed by atoms with Crippen molar-refractivity contribution >= 4 is 6.09 Å². The molecular formula is C22H25NO5. The molecule has 148 valence electrons. The fraction of sp³-hybridized carbons (Fsp3) is 0.318. The minimum Gasteiger partial charge on any atom is -0.445 e. The van der Waals surface area contributed by atoms with Gasteiger partial charge in [-0.1, -0.05) is 66.7 Å². The van der Waals surface area contributed by atoms with Crippen molar-refractivity contribution in [2.24, 2.45) is 0 Å². The molecule has 0 spiro atoms. The van der Waals surface area contributed by atoms with Gasteiger partial charge in [0.15, 0.2) is 6.29 Å². The van der Waals surface area contributed by atoms with Crippen LogP contribution in [0.4, 0.5) is 4.79 Å². The fourth-order valence-electron chi connectivity index (χ4n) is 3.08. The molecule has 0 aromatic heterocycles. The van der Waals surface area contributed by atoms with Gasteiger partial charge in [0.25, 0.3) is 0 Å². The van der Waals surface area contributed by atoms with Crippen LogP contribution in [0.5, 0.6) is 0 Å². The number of ether oxygens (including phenoxy) is 3. The Morgan fingerprint density at radius 2 is 1.71 bits per heavy atom. The largest absolute Gasteiger partial charge is 0.445 e. The molecule has 6 heteroatoms. The number of nitrogens with zero attached hydrogens (tertiary/aromatic N) is 1. The molecule has 0 radical (unpaired) electrons. The molecule has 3 atom stereocenters. The van der Waals surface area contributed by atoms with E-state index >= 15 is 0 Å². The van der Waals surface area contributed by atoms with Gasteiger partial charge in [-0.2, -0.15) is 0 Å². The van der Waals surface area contributed by atoms with Crippen LogP contribution >= 0.6 is 0 Å². The number of amides is 1. The molecule has 3 rings (SSSR count). The molecule has 1 heterocycles. The highest BCUT2D eigenvalue weighted by Gasteiger charge is 2.38. The van der Waals surface area contributed by atoms with Gasteiger partial charge in [-0.25, -0.2) is 4.79 Å². The van der Waals surface area contributed by atoms with Gasteiger partial charge in [-0.3, -0.25) is 4.90 Å². The lowest BCUT2D eigenvalue weighted by atomic mass is 10.1. The van der Waals surface area contributed by atoms with E-state index in [2.05, 4.69) is 6.58 Å². The number of morpholine rings is 1. The van der Waals surface area contributed by atoms with Gasteiger partial charge in [0.05, 0.1) is 25.8 Å². The Balaban J connectivity index is 1.62. The average molecular weight is 383 g/mol. The highest BCUT2D eigenvalue weighted by molar-refractivity contribution is 5.68. The number of hydrogen-bond acceptors (Lipinski definition) is 5. The van der Waals surface area contributed by atoms with E-state index in [0.29, 0.717) is 6.61 Å². The summed E-state index contributed by atoms with van der Waals surface area (Å²) in [6, 6.07) is 18.8. The van der Waals surface area contributed by atoms with Crippen molar-refractivity contribution in [2.75, 3.05) is 13.2 Å². The van der Waals surface area contributed by atoms with Crippen molar-refractivity contribution < 1.29 is 24.1 Å². The predicted molar refractivity (Wildman–Crippen MR) is 104 cm³/mol. The minimum atomic E-state index is -1.10. The fourth-order valence-corrected chi connectivity index (χ4v) is 3.08. The van der Waals surface area contributed by atoms with E-state index in [0.717, 1.165) is 11.1 Å². The van der Waals surface area contributed by atoms with Crippen LogP contribution in [0.15, 0.2) is 73.3 Å². The summed E-state index contributed by atoms with van der Waals surface area (Å²) in [5, 5.41) is 9.98. The molecule has 1 fully saturated rings. The molecule has 2 aromatic rings. The maximum atomic E-state index is 12.7. The number of aliphatic hydroxyl groups excluding tert-OH is 1. The first-order valence-electron chi connectivity index (χ1n) is 9.22. The number of rotatable bonds is 7. The zero-order valence-corrected chi connectivity index (χ0v) is 15.6. The third-order valence-electron chi connectivity index (χ3n) is 4.52. The smallest absolute Gasteiger partial charge is 0.410 e. The molecule has 0 saturated carbocycles. The van der Waals surface area contributed by atoms with E-state index in [1.807, 2.05) is 60.7 Å². The van der Waals surface area contributed by atoms with E-state index in [9.17, 15) is 9.90 Å². The molecule has 1 amide bonds. The summed E-state index contributed by atoms with van der Waals surface area (Å²) >= 11 is 0.